The average molecular weight is 317 g/mol. The van der Waals surface area contributed by atoms with Gasteiger partial charge in [-0.1, -0.05) is 30.3 Å². The third kappa shape index (κ3) is 2.65. The maximum absolute atomic E-state index is 5.07. The molecular weight excluding hydrogens is 302 g/mol. The van der Waals surface area contributed by atoms with Gasteiger partial charge in [-0.2, -0.15) is 5.10 Å². The van der Waals surface area contributed by atoms with Gasteiger partial charge in [0.05, 0.1) is 25.2 Å². The second-order valence-electron chi connectivity index (χ2n) is 5.22. The first-order chi connectivity index (χ1) is 11.8. The zero-order valence-corrected chi connectivity index (χ0v) is 13.0. The summed E-state index contributed by atoms with van der Waals surface area (Å²) in [6.07, 6.45) is 5.42. The third-order valence-electron chi connectivity index (χ3n) is 3.67. The molecule has 3 heterocycles. The minimum atomic E-state index is 0.575. The van der Waals surface area contributed by atoms with Crippen molar-refractivity contribution in [2.75, 3.05) is 12.4 Å². The minimum Gasteiger partial charge on any atom is -0.481 e. The molecule has 4 rings (SSSR count). The zero-order valence-electron chi connectivity index (χ0n) is 13.0. The molecular formula is C18H15N5O. The van der Waals surface area contributed by atoms with Crippen LogP contribution in [0.5, 0.6) is 5.88 Å². The highest BCUT2D eigenvalue weighted by molar-refractivity contribution is 5.77. The molecule has 6 heteroatoms. The van der Waals surface area contributed by atoms with Crippen molar-refractivity contribution in [1.29, 1.82) is 0 Å². The Bertz CT molecular complexity index is 964. The van der Waals surface area contributed by atoms with E-state index in [2.05, 4.69) is 20.4 Å². The van der Waals surface area contributed by atoms with E-state index >= 15 is 0 Å². The number of aromatic nitrogens is 4. The second kappa shape index (κ2) is 6.00. The fourth-order valence-corrected chi connectivity index (χ4v) is 2.48. The minimum absolute atomic E-state index is 0.575. The number of anilines is 2. The highest BCUT2D eigenvalue weighted by Gasteiger charge is 2.09. The summed E-state index contributed by atoms with van der Waals surface area (Å²) in [5.41, 5.74) is 3.72. The van der Waals surface area contributed by atoms with Crippen LogP contribution in [0.1, 0.15) is 0 Å². The molecule has 118 valence electrons. The van der Waals surface area contributed by atoms with Gasteiger partial charge in [-0.15, -0.1) is 0 Å². The molecule has 0 aliphatic carbocycles. The van der Waals surface area contributed by atoms with E-state index < -0.39 is 0 Å². The van der Waals surface area contributed by atoms with Crippen molar-refractivity contribution < 1.29 is 4.74 Å². The SMILES string of the molecule is COc1ccc(Nc2ccn3ncc(-c4ccccc4)c3n2)cn1. The van der Waals surface area contributed by atoms with Gasteiger partial charge in [-0.25, -0.2) is 14.5 Å². The second-order valence-corrected chi connectivity index (χ2v) is 5.22. The number of nitrogens with one attached hydrogen (secondary N) is 1. The summed E-state index contributed by atoms with van der Waals surface area (Å²) in [6.45, 7) is 0. The van der Waals surface area contributed by atoms with Crippen molar-refractivity contribution in [1.82, 2.24) is 19.6 Å². The van der Waals surface area contributed by atoms with E-state index in [1.165, 1.54) is 0 Å². The molecule has 0 saturated carbocycles. The van der Waals surface area contributed by atoms with Crippen LogP contribution in [-0.2, 0) is 0 Å². The Morgan fingerprint density at radius 2 is 1.88 bits per heavy atom. The molecule has 24 heavy (non-hydrogen) atoms. The van der Waals surface area contributed by atoms with Gasteiger partial charge in [0.15, 0.2) is 5.65 Å². The fourth-order valence-electron chi connectivity index (χ4n) is 2.48. The van der Waals surface area contributed by atoms with Crippen LogP contribution < -0.4 is 10.1 Å². The van der Waals surface area contributed by atoms with Crippen molar-refractivity contribution in [2.24, 2.45) is 0 Å². The average Bonchev–Trinajstić information content (AvgIpc) is 3.06. The van der Waals surface area contributed by atoms with E-state index in [9.17, 15) is 0 Å². The van der Waals surface area contributed by atoms with Gasteiger partial charge in [0.2, 0.25) is 5.88 Å². The van der Waals surface area contributed by atoms with Crippen LogP contribution in [0.25, 0.3) is 16.8 Å². The van der Waals surface area contributed by atoms with E-state index in [0.717, 1.165) is 28.3 Å². The van der Waals surface area contributed by atoms with Crippen molar-refractivity contribution >= 4 is 17.2 Å². The maximum atomic E-state index is 5.07. The van der Waals surface area contributed by atoms with Gasteiger partial charge in [-0.05, 0) is 17.7 Å². The fraction of sp³-hybridized carbons (Fsp3) is 0.0556. The van der Waals surface area contributed by atoms with Crippen molar-refractivity contribution in [2.45, 2.75) is 0 Å². The molecule has 0 saturated heterocycles. The molecule has 0 bridgehead atoms. The molecule has 0 unspecified atom stereocenters. The lowest BCUT2D eigenvalue weighted by atomic mass is 10.1. The molecule has 0 fully saturated rings. The van der Waals surface area contributed by atoms with Gasteiger partial charge in [0, 0.05) is 17.8 Å². The lowest BCUT2D eigenvalue weighted by Crippen LogP contribution is -1.98. The lowest BCUT2D eigenvalue weighted by molar-refractivity contribution is 0.398. The summed E-state index contributed by atoms with van der Waals surface area (Å²) < 4.78 is 6.83. The number of rotatable bonds is 4. The van der Waals surface area contributed by atoms with Gasteiger partial charge >= 0.3 is 0 Å². The Balaban J connectivity index is 1.69. The summed E-state index contributed by atoms with van der Waals surface area (Å²) in [4.78, 5) is 8.86. The smallest absolute Gasteiger partial charge is 0.213 e. The molecule has 0 amide bonds. The van der Waals surface area contributed by atoms with Crippen LogP contribution >= 0.6 is 0 Å². The van der Waals surface area contributed by atoms with Crippen LogP contribution in [0.2, 0.25) is 0 Å². The molecule has 0 radical (unpaired) electrons. The van der Waals surface area contributed by atoms with Crippen molar-refractivity contribution in [3.8, 4) is 17.0 Å². The highest BCUT2D eigenvalue weighted by atomic mass is 16.5. The predicted molar refractivity (Wildman–Crippen MR) is 92.5 cm³/mol. The van der Waals surface area contributed by atoms with E-state index in [1.54, 1.807) is 23.9 Å². The molecule has 6 nitrogen and oxygen atoms in total. The van der Waals surface area contributed by atoms with Crippen LogP contribution in [0.3, 0.4) is 0 Å². The molecule has 0 aliphatic heterocycles. The van der Waals surface area contributed by atoms with Crippen molar-refractivity contribution in [3.63, 3.8) is 0 Å². The standard InChI is InChI=1S/C18H15N5O/c1-24-17-8-7-14(11-19-17)21-16-9-10-23-18(22-16)15(12-20-23)13-5-3-2-4-6-13/h2-12H,1H3,(H,21,22). The van der Waals surface area contributed by atoms with Crippen LogP contribution in [0.4, 0.5) is 11.5 Å². The molecule has 1 aromatic carbocycles. The monoisotopic (exact) mass is 317 g/mol. The summed E-state index contributed by atoms with van der Waals surface area (Å²) >= 11 is 0. The zero-order chi connectivity index (χ0) is 16.4. The normalized spacial score (nSPS) is 10.7. The Morgan fingerprint density at radius 1 is 1.00 bits per heavy atom. The Morgan fingerprint density at radius 3 is 2.62 bits per heavy atom. The number of hydrogen-bond acceptors (Lipinski definition) is 5. The first-order valence-corrected chi connectivity index (χ1v) is 7.50. The number of nitrogens with zero attached hydrogens (tertiary/aromatic N) is 4. The van der Waals surface area contributed by atoms with E-state index in [1.807, 2.05) is 54.9 Å². The summed E-state index contributed by atoms with van der Waals surface area (Å²) in [6, 6.07) is 15.7. The summed E-state index contributed by atoms with van der Waals surface area (Å²) in [5, 5.41) is 7.61. The van der Waals surface area contributed by atoms with Gasteiger partial charge in [0.25, 0.3) is 0 Å². The lowest BCUT2D eigenvalue weighted by Gasteiger charge is -2.07. The number of fused-ring (bicyclic) bond motifs is 1. The van der Waals surface area contributed by atoms with Crippen LogP contribution in [0.15, 0.2) is 67.1 Å². The largest absolute Gasteiger partial charge is 0.481 e. The van der Waals surface area contributed by atoms with Crippen LogP contribution in [0, 0.1) is 0 Å². The van der Waals surface area contributed by atoms with E-state index in [0.29, 0.717) is 5.88 Å². The predicted octanol–water partition coefficient (Wildman–Crippen LogP) is 3.54. The van der Waals surface area contributed by atoms with Gasteiger partial charge in [-0.3, -0.25) is 0 Å². The summed E-state index contributed by atoms with van der Waals surface area (Å²) in [7, 11) is 1.59. The quantitative estimate of drug-likeness (QED) is 0.623. The Hall–Kier alpha value is -3.41. The van der Waals surface area contributed by atoms with Gasteiger partial charge < -0.3 is 10.1 Å². The van der Waals surface area contributed by atoms with E-state index in [-0.39, 0.29) is 0 Å². The molecule has 4 aromatic rings. The first-order valence-electron chi connectivity index (χ1n) is 7.50. The number of pyridine rings is 1. The Kier molecular flexibility index (Phi) is 3.55. The molecule has 0 atom stereocenters. The van der Waals surface area contributed by atoms with Crippen LogP contribution in [-0.4, -0.2) is 26.7 Å². The van der Waals surface area contributed by atoms with Crippen molar-refractivity contribution in [3.05, 3.63) is 67.1 Å². The molecule has 3 aromatic heterocycles. The molecule has 0 aliphatic rings. The number of methoxy groups -OCH3 is 1. The highest BCUT2D eigenvalue weighted by Crippen LogP contribution is 2.24. The van der Waals surface area contributed by atoms with Gasteiger partial charge in [0.1, 0.15) is 5.82 Å². The maximum Gasteiger partial charge on any atom is 0.213 e. The first kappa shape index (κ1) is 14.2. The topological polar surface area (TPSA) is 64.3 Å². The number of ether oxygens (including phenoxy) is 1. The summed E-state index contributed by atoms with van der Waals surface area (Å²) in [5.74, 6) is 1.30. The third-order valence-corrected chi connectivity index (χ3v) is 3.67. The van der Waals surface area contributed by atoms with E-state index in [4.69, 9.17) is 4.74 Å². The number of hydrogen-bond donors (Lipinski definition) is 1. The number of benzene rings is 1. The Labute approximate surface area is 138 Å². The molecule has 1 N–H and O–H groups in total. The molecule has 0 spiro atoms.